The molecule has 2 aromatic carbocycles. The highest BCUT2D eigenvalue weighted by atomic mass is 16.5. The molecule has 0 amide bonds. The zero-order chi connectivity index (χ0) is 36.3. The predicted octanol–water partition coefficient (Wildman–Crippen LogP) is 7.56. The maximum atomic E-state index is 6.72. The SMILES string of the molecule is CC#Cc1ccc(C#Cc2cc(CCC[N+]34CC[N+](CCCCCC)(CC3)CC4)c(C)cc2OCC[N+]23CC[N+](CCCCCC)(CC2)CC3)cc1. The van der Waals surface area contributed by atoms with Crippen molar-refractivity contribution in [2.45, 2.75) is 91.9 Å². The number of rotatable bonds is 18. The van der Waals surface area contributed by atoms with Gasteiger partial charge in [-0.1, -0.05) is 57.3 Å². The Morgan fingerprint density at radius 3 is 1.48 bits per heavy atom. The molecule has 2 aromatic rings. The lowest BCUT2D eigenvalue weighted by atomic mass is 9.98. The lowest BCUT2D eigenvalue weighted by Gasteiger charge is -2.55. The first kappa shape index (κ1) is 38.9. The number of unbranched alkanes of at least 4 members (excludes halogenated alkanes) is 6. The highest BCUT2D eigenvalue weighted by molar-refractivity contribution is 5.54. The van der Waals surface area contributed by atoms with Gasteiger partial charge in [0.2, 0.25) is 0 Å². The van der Waals surface area contributed by atoms with E-state index in [0.717, 1.165) is 42.0 Å². The molecule has 8 rings (SSSR count). The molecule has 6 aliphatic heterocycles. The summed E-state index contributed by atoms with van der Waals surface area (Å²) in [6.07, 6.45) is 13.5. The Morgan fingerprint density at radius 1 is 0.538 bits per heavy atom. The number of ether oxygens (including phenoxy) is 1. The average Bonchev–Trinajstić information content (AvgIpc) is 3.18. The zero-order valence-corrected chi connectivity index (χ0v) is 33.8. The Labute approximate surface area is 318 Å². The molecule has 6 aliphatic rings. The molecule has 52 heavy (non-hydrogen) atoms. The molecule has 6 heterocycles. The smallest absolute Gasteiger partial charge is 0.137 e. The zero-order valence-electron chi connectivity index (χ0n) is 33.8. The summed E-state index contributed by atoms with van der Waals surface area (Å²) in [6.45, 7) is 31.3. The molecule has 0 radical (unpaired) electrons. The van der Waals surface area contributed by atoms with Gasteiger partial charge in [-0.15, -0.1) is 5.92 Å². The van der Waals surface area contributed by atoms with Crippen molar-refractivity contribution in [2.75, 3.05) is 111 Å². The monoisotopic (exact) mass is 709 g/mol. The molecule has 282 valence electrons. The molecule has 4 bridgehead atoms. The fraction of sp³-hybridized carbons (Fsp3) is 0.660. The fourth-order valence-corrected chi connectivity index (χ4v) is 10.1. The van der Waals surface area contributed by atoms with Gasteiger partial charge < -0.3 is 22.7 Å². The van der Waals surface area contributed by atoms with Crippen LogP contribution in [0.25, 0.3) is 0 Å². The standard InChI is InChI=1S/C47H72N4O/c1-5-8-10-12-23-48-26-29-50(30-27-48,31-28-48)25-14-16-45-41-46(22-21-44-19-17-43(15-7-3)18-20-44)47(40-42(45)4)52-39-38-51-35-32-49(33-36-51,34-37-51)24-13-11-9-6-2/h17-20,40-41H,5-6,8-14,16,23-39H2,1-4H3/q+4. The highest BCUT2D eigenvalue weighted by Crippen LogP contribution is 2.31. The van der Waals surface area contributed by atoms with Gasteiger partial charge in [-0.2, -0.15) is 0 Å². The molecule has 0 aromatic heterocycles. The van der Waals surface area contributed by atoms with Crippen LogP contribution in [0.3, 0.4) is 0 Å². The van der Waals surface area contributed by atoms with Crippen molar-refractivity contribution in [1.82, 2.24) is 0 Å². The summed E-state index contributed by atoms with van der Waals surface area (Å²) in [5.74, 6) is 14.2. The minimum atomic E-state index is 0.771. The third-order valence-electron chi connectivity index (χ3n) is 14.1. The van der Waals surface area contributed by atoms with Crippen LogP contribution in [-0.4, -0.2) is 129 Å². The number of fused-ring (bicyclic) bond motifs is 6. The number of piperazine rings is 6. The van der Waals surface area contributed by atoms with Crippen molar-refractivity contribution in [2.24, 2.45) is 0 Å². The van der Waals surface area contributed by atoms with Gasteiger partial charge in [-0.05, 0) is 93.5 Å². The first-order valence-corrected chi connectivity index (χ1v) is 21.5. The van der Waals surface area contributed by atoms with Crippen LogP contribution in [0.15, 0.2) is 36.4 Å². The van der Waals surface area contributed by atoms with Gasteiger partial charge in [-0.25, -0.2) is 0 Å². The summed E-state index contributed by atoms with van der Waals surface area (Å²) in [6, 6.07) is 13.0. The van der Waals surface area contributed by atoms with Crippen LogP contribution < -0.4 is 4.74 Å². The third-order valence-corrected chi connectivity index (χ3v) is 14.1. The second-order valence-electron chi connectivity index (χ2n) is 17.5. The number of aryl methyl sites for hydroxylation is 2. The number of benzene rings is 2. The van der Waals surface area contributed by atoms with E-state index in [1.807, 2.05) is 6.92 Å². The van der Waals surface area contributed by atoms with Crippen LogP contribution >= 0.6 is 0 Å². The topological polar surface area (TPSA) is 9.23 Å². The average molecular weight is 709 g/mol. The fourth-order valence-electron chi connectivity index (χ4n) is 10.1. The van der Waals surface area contributed by atoms with E-state index < -0.39 is 0 Å². The van der Waals surface area contributed by atoms with Crippen LogP contribution in [0, 0.1) is 30.6 Å². The van der Waals surface area contributed by atoms with Crippen molar-refractivity contribution in [3.63, 3.8) is 0 Å². The molecule has 0 atom stereocenters. The molecule has 0 N–H and O–H groups in total. The number of nitrogens with zero attached hydrogens (tertiary/aromatic N) is 4. The summed E-state index contributed by atoms with van der Waals surface area (Å²) in [5.41, 5.74) is 5.91. The third kappa shape index (κ3) is 9.84. The van der Waals surface area contributed by atoms with E-state index in [4.69, 9.17) is 4.74 Å². The summed E-state index contributed by atoms with van der Waals surface area (Å²) < 4.78 is 12.1. The first-order valence-electron chi connectivity index (χ1n) is 21.5. The van der Waals surface area contributed by atoms with E-state index in [2.05, 4.69) is 80.9 Å². The van der Waals surface area contributed by atoms with Gasteiger partial charge in [0, 0.05) is 17.5 Å². The maximum Gasteiger partial charge on any atom is 0.137 e. The van der Waals surface area contributed by atoms with E-state index >= 15 is 0 Å². The molecule has 0 spiro atoms. The van der Waals surface area contributed by atoms with E-state index in [0.29, 0.717) is 0 Å². The van der Waals surface area contributed by atoms with Crippen LogP contribution in [0.5, 0.6) is 5.75 Å². The van der Waals surface area contributed by atoms with Gasteiger partial charge in [0.15, 0.2) is 0 Å². The largest absolute Gasteiger partial charge is 0.486 e. The van der Waals surface area contributed by atoms with Gasteiger partial charge in [0.25, 0.3) is 0 Å². The minimum absolute atomic E-state index is 0.771. The molecule has 6 saturated heterocycles. The molecule has 0 unspecified atom stereocenters. The van der Waals surface area contributed by atoms with Crippen molar-refractivity contribution < 1.29 is 22.7 Å². The Morgan fingerprint density at radius 2 is 1.00 bits per heavy atom. The Hall–Kier alpha value is -2.80. The number of hydrogen-bond donors (Lipinski definition) is 0. The molecule has 5 heteroatoms. The van der Waals surface area contributed by atoms with Crippen LogP contribution in [0.4, 0.5) is 0 Å². The van der Waals surface area contributed by atoms with Crippen molar-refractivity contribution in [1.29, 1.82) is 0 Å². The van der Waals surface area contributed by atoms with Gasteiger partial charge >= 0.3 is 0 Å². The summed E-state index contributed by atoms with van der Waals surface area (Å²) in [5, 5.41) is 0. The lowest BCUT2D eigenvalue weighted by Crippen LogP contribution is -2.75. The quantitative estimate of drug-likeness (QED) is 0.0883. The van der Waals surface area contributed by atoms with E-state index in [9.17, 15) is 0 Å². The lowest BCUT2D eigenvalue weighted by molar-refractivity contribution is -1.08. The van der Waals surface area contributed by atoms with Crippen LogP contribution in [0.1, 0.15) is 106 Å². The van der Waals surface area contributed by atoms with Gasteiger partial charge in [0.1, 0.15) is 97.4 Å². The molecular weight excluding hydrogens is 637 g/mol. The number of hydrogen-bond acceptors (Lipinski definition) is 1. The molecule has 5 nitrogen and oxygen atoms in total. The van der Waals surface area contributed by atoms with E-state index in [1.54, 1.807) is 0 Å². The first-order chi connectivity index (χ1) is 25.3. The second kappa shape index (κ2) is 18.0. The Balaban J connectivity index is 1.08. The van der Waals surface area contributed by atoms with Gasteiger partial charge in [-0.3, -0.25) is 0 Å². The maximum absolute atomic E-state index is 6.72. The number of quaternary nitrogens is 4. The Kier molecular flexibility index (Phi) is 13.5. The Bertz CT molecular complexity index is 1540. The van der Waals surface area contributed by atoms with Crippen LogP contribution in [0.2, 0.25) is 0 Å². The molecular formula is C47H72N4O+4. The summed E-state index contributed by atoms with van der Waals surface area (Å²) in [4.78, 5) is 0. The normalized spacial score (nSPS) is 27.5. The van der Waals surface area contributed by atoms with Crippen molar-refractivity contribution in [3.05, 3.63) is 64.2 Å². The summed E-state index contributed by atoms with van der Waals surface area (Å²) >= 11 is 0. The van der Waals surface area contributed by atoms with Crippen LogP contribution in [-0.2, 0) is 6.42 Å². The minimum Gasteiger partial charge on any atom is -0.486 e. The van der Waals surface area contributed by atoms with E-state index in [1.165, 1.54) is 185 Å². The van der Waals surface area contributed by atoms with E-state index in [-0.39, 0.29) is 0 Å². The molecule has 0 aliphatic carbocycles. The van der Waals surface area contributed by atoms with Gasteiger partial charge in [0.05, 0.1) is 25.2 Å². The van der Waals surface area contributed by atoms with Crippen molar-refractivity contribution >= 4 is 0 Å². The second-order valence-corrected chi connectivity index (χ2v) is 17.5. The van der Waals surface area contributed by atoms with Crippen molar-refractivity contribution in [3.8, 4) is 29.4 Å². The molecule has 6 fully saturated rings. The molecule has 0 saturated carbocycles. The predicted molar refractivity (Wildman–Crippen MR) is 217 cm³/mol. The highest BCUT2D eigenvalue weighted by Gasteiger charge is 2.49. The summed E-state index contributed by atoms with van der Waals surface area (Å²) in [7, 11) is 0.